The predicted molar refractivity (Wildman–Crippen MR) is 87.5 cm³/mol. The first-order valence-corrected chi connectivity index (χ1v) is 7.67. The highest BCUT2D eigenvalue weighted by atomic mass is 127. The molecule has 0 bridgehead atoms. The zero-order valence-electron chi connectivity index (χ0n) is 10.4. The van der Waals surface area contributed by atoms with E-state index in [1.807, 2.05) is 0 Å². The van der Waals surface area contributed by atoms with Gasteiger partial charge in [-0.25, -0.2) is 0 Å². The van der Waals surface area contributed by atoms with Crippen molar-refractivity contribution < 1.29 is 0 Å². The SMILES string of the molecule is Cc1cccc(C(CCl)Cc2ccc(I)cc2)c1. The van der Waals surface area contributed by atoms with Gasteiger partial charge in [-0.1, -0.05) is 42.0 Å². The van der Waals surface area contributed by atoms with Crippen molar-refractivity contribution in [2.45, 2.75) is 19.3 Å². The van der Waals surface area contributed by atoms with Gasteiger partial charge in [0.25, 0.3) is 0 Å². The van der Waals surface area contributed by atoms with Crippen LogP contribution >= 0.6 is 34.2 Å². The molecular formula is C16H16ClI. The summed E-state index contributed by atoms with van der Waals surface area (Å²) in [5.74, 6) is 1.06. The summed E-state index contributed by atoms with van der Waals surface area (Å²) < 4.78 is 1.27. The molecule has 0 nitrogen and oxygen atoms in total. The van der Waals surface area contributed by atoms with E-state index < -0.39 is 0 Å². The molecule has 0 spiro atoms. The first-order chi connectivity index (χ1) is 8.69. The van der Waals surface area contributed by atoms with Gasteiger partial charge >= 0.3 is 0 Å². The Labute approximate surface area is 128 Å². The second kappa shape index (κ2) is 6.58. The Hall–Kier alpha value is -0.540. The zero-order chi connectivity index (χ0) is 13.0. The van der Waals surface area contributed by atoms with Gasteiger partial charge in [-0.15, -0.1) is 11.6 Å². The monoisotopic (exact) mass is 370 g/mol. The van der Waals surface area contributed by atoms with Crippen molar-refractivity contribution in [3.63, 3.8) is 0 Å². The third kappa shape index (κ3) is 3.72. The fourth-order valence-corrected chi connectivity index (χ4v) is 2.74. The highest BCUT2D eigenvalue weighted by Crippen LogP contribution is 2.23. The minimum atomic E-state index is 0.395. The fourth-order valence-electron chi connectivity index (χ4n) is 2.09. The van der Waals surface area contributed by atoms with E-state index in [-0.39, 0.29) is 0 Å². The second-order valence-electron chi connectivity index (χ2n) is 4.60. The molecule has 1 atom stereocenters. The number of aryl methyl sites for hydroxylation is 1. The molecule has 0 fully saturated rings. The van der Waals surface area contributed by atoms with Crippen molar-refractivity contribution in [2.75, 3.05) is 5.88 Å². The largest absolute Gasteiger partial charge is 0.126 e. The highest BCUT2D eigenvalue weighted by molar-refractivity contribution is 14.1. The Balaban J connectivity index is 2.17. The molecule has 0 saturated heterocycles. The zero-order valence-corrected chi connectivity index (χ0v) is 13.3. The summed E-state index contributed by atoms with van der Waals surface area (Å²) >= 11 is 8.46. The molecule has 0 saturated carbocycles. The lowest BCUT2D eigenvalue weighted by Gasteiger charge is -2.15. The Morgan fingerprint density at radius 2 is 1.83 bits per heavy atom. The molecule has 2 aromatic carbocycles. The van der Waals surface area contributed by atoms with Gasteiger partial charge < -0.3 is 0 Å². The fraction of sp³-hybridized carbons (Fsp3) is 0.250. The molecule has 2 aromatic rings. The lowest BCUT2D eigenvalue weighted by Crippen LogP contribution is -2.05. The summed E-state index contributed by atoms with van der Waals surface area (Å²) in [5, 5.41) is 0. The molecule has 94 valence electrons. The summed E-state index contributed by atoms with van der Waals surface area (Å²) in [5.41, 5.74) is 3.98. The van der Waals surface area contributed by atoms with Crippen molar-refractivity contribution in [3.05, 3.63) is 68.8 Å². The minimum absolute atomic E-state index is 0.395. The molecule has 0 aliphatic heterocycles. The number of benzene rings is 2. The molecule has 1 unspecified atom stereocenters. The maximum Gasteiger partial charge on any atom is 0.0295 e. The van der Waals surface area contributed by atoms with Crippen LogP contribution in [0.5, 0.6) is 0 Å². The highest BCUT2D eigenvalue weighted by Gasteiger charge is 2.11. The average molecular weight is 371 g/mol. The summed E-state index contributed by atoms with van der Waals surface area (Å²) in [6.07, 6.45) is 1.00. The summed E-state index contributed by atoms with van der Waals surface area (Å²) in [6.45, 7) is 2.12. The van der Waals surface area contributed by atoms with Gasteiger partial charge in [0.2, 0.25) is 0 Å². The first-order valence-electron chi connectivity index (χ1n) is 6.06. The minimum Gasteiger partial charge on any atom is -0.126 e. The van der Waals surface area contributed by atoms with Crippen LogP contribution in [0.3, 0.4) is 0 Å². The first kappa shape index (κ1) is 13.9. The number of hydrogen-bond acceptors (Lipinski definition) is 0. The lowest BCUT2D eigenvalue weighted by atomic mass is 9.93. The van der Waals surface area contributed by atoms with Crippen molar-refractivity contribution in [3.8, 4) is 0 Å². The molecule has 0 N–H and O–H groups in total. The van der Waals surface area contributed by atoms with E-state index in [2.05, 4.69) is 78.0 Å². The summed E-state index contributed by atoms with van der Waals surface area (Å²) in [4.78, 5) is 0. The topological polar surface area (TPSA) is 0 Å². The van der Waals surface area contributed by atoms with Crippen LogP contribution in [0.25, 0.3) is 0 Å². The predicted octanol–water partition coefficient (Wildman–Crippen LogP) is 5.16. The molecule has 0 amide bonds. The van der Waals surface area contributed by atoms with Crippen LogP contribution in [0.15, 0.2) is 48.5 Å². The van der Waals surface area contributed by atoms with E-state index in [1.165, 1.54) is 20.3 Å². The van der Waals surface area contributed by atoms with Crippen LogP contribution < -0.4 is 0 Å². The van der Waals surface area contributed by atoms with E-state index in [9.17, 15) is 0 Å². The van der Waals surface area contributed by atoms with Gasteiger partial charge in [0.1, 0.15) is 0 Å². The van der Waals surface area contributed by atoms with Crippen LogP contribution in [0, 0.1) is 10.5 Å². The van der Waals surface area contributed by atoms with Gasteiger partial charge in [0.05, 0.1) is 0 Å². The van der Waals surface area contributed by atoms with Crippen molar-refractivity contribution in [2.24, 2.45) is 0 Å². The standard InChI is InChI=1S/C16H16ClI/c1-12-3-2-4-14(9-12)15(11-17)10-13-5-7-16(18)8-6-13/h2-9,15H,10-11H2,1H3. The average Bonchev–Trinajstić information content (AvgIpc) is 2.38. The number of halogens is 2. The molecule has 18 heavy (non-hydrogen) atoms. The third-order valence-electron chi connectivity index (χ3n) is 3.10. The summed E-state index contributed by atoms with van der Waals surface area (Å²) in [6, 6.07) is 17.3. The van der Waals surface area contributed by atoms with Crippen LogP contribution in [0.2, 0.25) is 0 Å². The smallest absolute Gasteiger partial charge is 0.0295 e. The van der Waals surface area contributed by atoms with E-state index in [4.69, 9.17) is 11.6 Å². The van der Waals surface area contributed by atoms with E-state index in [1.54, 1.807) is 0 Å². The van der Waals surface area contributed by atoms with E-state index in [0.29, 0.717) is 11.8 Å². The van der Waals surface area contributed by atoms with Gasteiger partial charge in [-0.05, 0) is 59.2 Å². The van der Waals surface area contributed by atoms with Crippen LogP contribution in [0.4, 0.5) is 0 Å². The van der Waals surface area contributed by atoms with Crippen LogP contribution in [-0.4, -0.2) is 5.88 Å². The Bertz CT molecular complexity index is 505. The lowest BCUT2D eigenvalue weighted by molar-refractivity contribution is 0.765. The Morgan fingerprint density at radius 1 is 1.11 bits per heavy atom. The maximum absolute atomic E-state index is 6.13. The number of rotatable bonds is 4. The third-order valence-corrected chi connectivity index (χ3v) is 4.19. The van der Waals surface area contributed by atoms with Gasteiger partial charge in [0.15, 0.2) is 0 Å². The number of hydrogen-bond donors (Lipinski definition) is 0. The molecule has 0 radical (unpaired) electrons. The maximum atomic E-state index is 6.13. The molecular weight excluding hydrogens is 355 g/mol. The second-order valence-corrected chi connectivity index (χ2v) is 6.15. The molecule has 0 heterocycles. The van der Waals surface area contributed by atoms with Gasteiger partial charge in [-0.2, -0.15) is 0 Å². The van der Waals surface area contributed by atoms with Gasteiger partial charge in [0, 0.05) is 15.4 Å². The van der Waals surface area contributed by atoms with Crippen molar-refractivity contribution >= 4 is 34.2 Å². The molecule has 2 rings (SSSR count). The quantitative estimate of drug-likeness (QED) is 0.515. The van der Waals surface area contributed by atoms with Crippen LogP contribution in [0.1, 0.15) is 22.6 Å². The van der Waals surface area contributed by atoms with E-state index in [0.717, 1.165) is 6.42 Å². The molecule has 0 aliphatic rings. The Morgan fingerprint density at radius 3 is 2.44 bits per heavy atom. The molecule has 0 aliphatic carbocycles. The van der Waals surface area contributed by atoms with Gasteiger partial charge in [-0.3, -0.25) is 0 Å². The number of alkyl halides is 1. The van der Waals surface area contributed by atoms with Crippen molar-refractivity contribution in [1.82, 2.24) is 0 Å². The Kier molecular flexibility index (Phi) is 5.07. The normalized spacial score (nSPS) is 12.4. The summed E-state index contributed by atoms with van der Waals surface area (Å²) in [7, 11) is 0. The molecule has 0 aromatic heterocycles. The molecule has 2 heteroatoms. The van der Waals surface area contributed by atoms with Crippen LogP contribution in [-0.2, 0) is 6.42 Å². The van der Waals surface area contributed by atoms with E-state index >= 15 is 0 Å². The van der Waals surface area contributed by atoms with Crippen molar-refractivity contribution in [1.29, 1.82) is 0 Å².